The molecule has 0 radical (unpaired) electrons. The minimum absolute atomic E-state index is 0.431. The van der Waals surface area contributed by atoms with Crippen LogP contribution < -0.4 is 0 Å². The molecule has 2 unspecified atom stereocenters. The number of aliphatic hydroxyl groups excluding tert-OH is 2. The van der Waals surface area contributed by atoms with Gasteiger partial charge in [0, 0.05) is 16.3 Å². The number of rotatable bonds is 4. The molecule has 20 heavy (non-hydrogen) atoms. The van der Waals surface area contributed by atoms with Gasteiger partial charge in [0.2, 0.25) is 0 Å². The highest BCUT2D eigenvalue weighted by Crippen LogP contribution is 2.34. The lowest BCUT2D eigenvalue weighted by Gasteiger charge is -2.17. The molecule has 0 bridgehead atoms. The summed E-state index contributed by atoms with van der Waals surface area (Å²) in [6.45, 7) is 0. The third-order valence-electron chi connectivity index (χ3n) is 3.54. The molecule has 3 nitrogen and oxygen atoms in total. The van der Waals surface area contributed by atoms with E-state index in [1.807, 2.05) is 36.4 Å². The molecule has 4 heteroatoms. The van der Waals surface area contributed by atoms with Crippen molar-refractivity contribution in [3.05, 3.63) is 48.0 Å². The third-order valence-corrected chi connectivity index (χ3v) is 3.80. The van der Waals surface area contributed by atoms with Gasteiger partial charge >= 0.3 is 0 Å². The molecule has 0 amide bonds. The van der Waals surface area contributed by atoms with E-state index in [2.05, 4.69) is 12.6 Å². The molecule has 2 N–H and O–H groups in total. The zero-order valence-electron chi connectivity index (χ0n) is 10.9. The molecule has 1 aromatic heterocycles. The van der Waals surface area contributed by atoms with Gasteiger partial charge in [0.1, 0.15) is 17.3 Å². The topological polar surface area (TPSA) is 53.6 Å². The standard InChI is InChI=1S/C16H16O3S/c17-13(8-9-20)15(18)12-6-3-5-11-10-4-1-2-7-14(10)19-16(11)12/h1-7,13,15,17-18,20H,8-9H2. The van der Waals surface area contributed by atoms with Crippen LogP contribution in [0.1, 0.15) is 18.1 Å². The first-order valence-corrected chi connectivity index (χ1v) is 7.22. The van der Waals surface area contributed by atoms with Crippen molar-refractivity contribution in [1.29, 1.82) is 0 Å². The first-order chi connectivity index (χ1) is 9.72. The van der Waals surface area contributed by atoms with Gasteiger partial charge in [-0.3, -0.25) is 0 Å². The predicted molar refractivity (Wildman–Crippen MR) is 83.2 cm³/mol. The van der Waals surface area contributed by atoms with Crippen molar-refractivity contribution in [2.24, 2.45) is 0 Å². The van der Waals surface area contributed by atoms with Crippen molar-refractivity contribution in [3.63, 3.8) is 0 Å². The number of hydrogen-bond donors (Lipinski definition) is 3. The summed E-state index contributed by atoms with van der Waals surface area (Å²) in [4.78, 5) is 0. The number of fused-ring (bicyclic) bond motifs is 3. The molecular weight excluding hydrogens is 272 g/mol. The third kappa shape index (κ3) is 2.20. The molecule has 0 fully saturated rings. The van der Waals surface area contributed by atoms with Gasteiger partial charge < -0.3 is 14.6 Å². The van der Waals surface area contributed by atoms with Crippen molar-refractivity contribution in [2.75, 3.05) is 5.75 Å². The summed E-state index contributed by atoms with van der Waals surface area (Å²) in [5.41, 5.74) is 2.04. The maximum atomic E-state index is 10.3. The normalized spacial score (nSPS) is 14.8. The Morgan fingerprint density at radius 2 is 1.75 bits per heavy atom. The zero-order valence-corrected chi connectivity index (χ0v) is 11.8. The fourth-order valence-electron chi connectivity index (χ4n) is 2.50. The Balaban J connectivity index is 2.16. The summed E-state index contributed by atoms with van der Waals surface area (Å²) in [5.74, 6) is 0.522. The molecule has 0 aliphatic heterocycles. The number of furan rings is 1. The van der Waals surface area contributed by atoms with Gasteiger partial charge in [0.05, 0.1) is 6.10 Å². The molecule has 0 aliphatic rings. The first kappa shape index (κ1) is 13.5. The van der Waals surface area contributed by atoms with E-state index in [0.717, 1.165) is 16.4 Å². The highest BCUT2D eigenvalue weighted by atomic mass is 32.1. The smallest absolute Gasteiger partial charge is 0.141 e. The van der Waals surface area contributed by atoms with Gasteiger partial charge in [0.15, 0.2) is 0 Å². The minimum Gasteiger partial charge on any atom is -0.456 e. The molecule has 3 rings (SSSR count). The molecular formula is C16H16O3S. The summed E-state index contributed by atoms with van der Waals surface area (Å²) < 4.78 is 5.84. The molecule has 1 heterocycles. The van der Waals surface area contributed by atoms with E-state index in [9.17, 15) is 10.2 Å². The highest BCUT2D eigenvalue weighted by molar-refractivity contribution is 7.80. The van der Waals surface area contributed by atoms with Crippen LogP contribution in [0.25, 0.3) is 21.9 Å². The maximum Gasteiger partial charge on any atom is 0.141 e. The van der Waals surface area contributed by atoms with E-state index in [1.165, 1.54) is 0 Å². The molecule has 0 aliphatic carbocycles. The van der Waals surface area contributed by atoms with Gasteiger partial charge in [0.25, 0.3) is 0 Å². The van der Waals surface area contributed by atoms with E-state index in [-0.39, 0.29) is 0 Å². The van der Waals surface area contributed by atoms with Gasteiger partial charge in [-0.05, 0) is 18.2 Å². The fraction of sp³-hybridized carbons (Fsp3) is 0.250. The quantitative estimate of drug-likeness (QED) is 0.646. The van der Waals surface area contributed by atoms with Crippen LogP contribution in [0.4, 0.5) is 0 Å². The Kier molecular flexibility index (Phi) is 3.70. The summed E-state index contributed by atoms with van der Waals surface area (Å²) in [6.07, 6.45) is -1.38. The van der Waals surface area contributed by atoms with Gasteiger partial charge in [-0.1, -0.05) is 36.4 Å². The van der Waals surface area contributed by atoms with Crippen LogP contribution >= 0.6 is 12.6 Å². The average molecular weight is 288 g/mol. The molecule has 0 saturated heterocycles. The van der Waals surface area contributed by atoms with E-state index >= 15 is 0 Å². The number of hydrogen-bond acceptors (Lipinski definition) is 4. The number of benzene rings is 2. The molecule has 2 aromatic carbocycles. The minimum atomic E-state index is -0.966. The van der Waals surface area contributed by atoms with E-state index in [4.69, 9.17) is 4.42 Å². The van der Waals surface area contributed by atoms with Crippen molar-refractivity contribution >= 4 is 34.6 Å². The molecule has 104 valence electrons. The molecule has 3 aromatic rings. The van der Waals surface area contributed by atoms with Crippen molar-refractivity contribution in [2.45, 2.75) is 18.6 Å². The van der Waals surface area contributed by atoms with E-state index in [1.54, 1.807) is 6.07 Å². The maximum absolute atomic E-state index is 10.3. The zero-order chi connectivity index (χ0) is 14.1. The van der Waals surface area contributed by atoms with Crippen LogP contribution in [0, 0.1) is 0 Å². The average Bonchev–Trinajstić information content (AvgIpc) is 2.85. The first-order valence-electron chi connectivity index (χ1n) is 6.59. The van der Waals surface area contributed by atoms with Crippen molar-refractivity contribution in [3.8, 4) is 0 Å². The van der Waals surface area contributed by atoms with E-state index in [0.29, 0.717) is 23.3 Å². The summed E-state index contributed by atoms with van der Waals surface area (Å²) in [6, 6.07) is 13.4. The number of aliphatic hydroxyl groups is 2. The van der Waals surface area contributed by atoms with Crippen molar-refractivity contribution in [1.82, 2.24) is 0 Å². The van der Waals surface area contributed by atoms with Gasteiger partial charge in [-0.2, -0.15) is 12.6 Å². The van der Waals surface area contributed by atoms with Crippen LogP contribution in [0.5, 0.6) is 0 Å². The summed E-state index contributed by atoms with van der Waals surface area (Å²) >= 11 is 4.09. The lowest BCUT2D eigenvalue weighted by atomic mass is 10.00. The Bertz CT molecular complexity index is 735. The second-order valence-electron chi connectivity index (χ2n) is 4.85. The monoisotopic (exact) mass is 288 g/mol. The highest BCUT2D eigenvalue weighted by Gasteiger charge is 2.22. The SMILES string of the molecule is OC(CCS)C(O)c1cccc2c1oc1ccccc12. The number of para-hydroxylation sites is 2. The molecule has 0 saturated carbocycles. The van der Waals surface area contributed by atoms with E-state index < -0.39 is 12.2 Å². The molecule has 2 atom stereocenters. The Morgan fingerprint density at radius 3 is 2.55 bits per heavy atom. The predicted octanol–water partition coefficient (Wildman–Crippen LogP) is 3.30. The van der Waals surface area contributed by atoms with Gasteiger partial charge in [-0.15, -0.1) is 0 Å². The largest absolute Gasteiger partial charge is 0.456 e. The van der Waals surface area contributed by atoms with Crippen LogP contribution in [-0.2, 0) is 0 Å². The van der Waals surface area contributed by atoms with Crippen molar-refractivity contribution < 1.29 is 14.6 Å². The lowest BCUT2D eigenvalue weighted by molar-refractivity contribution is 0.0176. The van der Waals surface area contributed by atoms with Gasteiger partial charge in [-0.25, -0.2) is 0 Å². The lowest BCUT2D eigenvalue weighted by Crippen LogP contribution is -2.18. The number of thiol groups is 1. The Labute approximate surface area is 122 Å². The summed E-state index contributed by atoms with van der Waals surface area (Å²) in [7, 11) is 0. The Morgan fingerprint density at radius 1 is 1.00 bits per heavy atom. The second kappa shape index (κ2) is 5.48. The fourth-order valence-corrected chi connectivity index (χ4v) is 2.76. The van der Waals surface area contributed by atoms with Crippen LogP contribution in [0.15, 0.2) is 46.9 Å². The van der Waals surface area contributed by atoms with Crippen LogP contribution in [0.3, 0.4) is 0 Å². The molecule has 0 spiro atoms. The summed E-state index contributed by atoms with van der Waals surface area (Å²) in [5, 5.41) is 22.2. The van der Waals surface area contributed by atoms with Crippen LogP contribution in [-0.4, -0.2) is 22.1 Å². The van der Waals surface area contributed by atoms with Crippen LogP contribution in [0.2, 0.25) is 0 Å². The Hall–Kier alpha value is -1.49. The second-order valence-corrected chi connectivity index (χ2v) is 5.29.